The van der Waals surface area contributed by atoms with Crippen molar-refractivity contribution in [2.75, 3.05) is 0 Å². The molecule has 160 valence electrons. The van der Waals surface area contributed by atoms with Crippen molar-refractivity contribution >= 4 is 55.1 Å². The van der Waals surface area contributed by atoms with Crippen molar-refractivity contribution in [1.29, 1.82) is 0 Å². The number of benzene rings is 2. The lowest BCUT2D eigenvalue weighted by Gasteiger charge is -2.06. The lowest BCUT2D eigenvalue weighted by molar-refractivity contribution is 0.588. The van der Waals surface area contributed by atoms with Gasteiger partial charge < -0.3 is 0 Å². The quantitative estimate of drug-likeness (QED) is 0.157. The molecule has 32 heavy (non-hydrogen) atoms. The lowest BCUT2D eigenvalue weighted by Crippen LogP contribution is -1.90. The molecule has 0 radical (unpaired) electrons. The molecular formula is C25H16F3NS3. The maximum absolute atomic E-state index is 14.7. The number of fused-ring (bicyclic) bond motifs is 1. The highest BCUT2D eigenvalue weighted by Gasteiger charge is 2.14. The van der Waals surface area contributed by atoms with Gasteiger partial charge in [0.05, 0.1) is 10.0 Å². The number of rotatable bonds is 5. The zero-order valence-corrected chi connectivity index (χ0v) is 19.4. The molecule has 0 aliphatic rings. The molecule has 0 fully saturated rings. The van der Waals surface area contributed by atoms with Crippen LogP contribution in [0.4, 0.5) is 18.9 Å². The van der Waals surface area contributed by atoms with Gasteiger partial charge in [0.25, 0.3) is 0 Å². The van der Waals surface area contributed by atoms with Crippen LogP contribution in [-0.4, -0.2) is 5.16 Å². The van der Waals surface area contributed by atoms with E-state index in [2.05, 4.69) is 48.1 Å². The summed E-state index contributed by atoms with van der Waals surface area (Å²) in [6, 6.07) is 10.7. The predicted octanol–water partition coefficient (Wildman–Crippen LogP) is 8.52. The van der Waals surface area contributed by atoms with Gasteiger partial charge in [0, 0.05) is 25.4 Å². The maximum Gasteiger partial charge on any atom is 0.153 e. The molecule has 0 bridgehead atoms. The number of nitrogens with zero attached hydrogens (tertiary/aromatic N) is 1. The summed E-state index contributed by atoms with van der Waals surface area (Å²) in [6.45, 7) is 2.18. The minimum absolute atomic E-state index is 0.0673. The van der Waals surface area contributed by atoms with Gasteiger partial charge in [-0.2, -0.15) is 4.99 Å². The minimum atomic E-state index is -0.934. The monoisotopic (exact) mass is 483 g/mol. The molecule has 0 aliphatic carbocycles. The average Bonchev–Trinajstić information content (AvgIpc) is 3.31. The van der Waals surface area contributed by atoms with Crippen molar-refractivity contribution in [3.63, 3.8) is 0 Å². The van der Waals surface area contributed by atoms with Gasteiger partial charge >= 0.3 is 0 Å². The highest BCUT2D eigenvalue weighted by Crippen LogP contribution is 2.34. The molecule has 1 nitrogen and oxygen atoms in total. The molecule has 2 heterocycles. The van der Waals surface area contributed by atoms with Crippen LogP contribution in [0.2, 0.25) is 0 Å². The Labute approximate surface area is 197 Å². The lowest BCUT2D eigenvalue weighted by atomic mass is 10.0. The summed E-state index contributed by atoms with van der Waals surface area (Å²) >= 11 is 7.80. The zero-order valence-electron chi connectivity index (χ0n) is 17.0. The number of halogens is 3. The number of thiophene rings is 2. The first-order valence-electron chi connectivity index (χ1n) is 9.89. The van der Waals surface area contributed by atoms with E-state index >= 15 is 0 Å². The second-order valence-corrected chi connectivity index (χ2v) is 9.53. The van der Waals surface area contributed by atoms with Gasteiger partial charge in [0.2, 0.25) is 0 Å². The molecule has 4 rings (SSSR count). The molecule has 0 saturated heterocycles. The number of aryl methyl sites for hydroxylation is 1. The summed E-state index contributed by atoms with van der Waals surface area (Å²) in [6.07, 6.45) is 3.47. The van der Waals surface area contributed by atoms with Gasteiger partial charge in [-0.15, -0.1) is 22.7 Å². The van der Waals surface area contributed by atoms with E-state index in [4.69, 9.17) is 0 Å². The smallest absolute Gasteiger partial charge is 0.153 e. The molecule has 0 spiro atoms. The molecule has 2 aromatic heterocycles. The number of hydrogen-bond donors (Lipinski definition) is 0. The number of isothiocyanates is 1. The summed E-state index contributed by atoms with van der Waals surface area (Å²) in [4.78, 5) is 5.67. The Morgan fingerprint density at radius 3 is 2.31 bits per heavy atom. The summed E-state index contributed by atoms with van der Waals surface area (Å²) in [5.74, 6) is 3.57. The highest BCUT2D eigenvalue weighted by molar-refractivity contribution is 7.78. The molecule has 0 N–H and O–H groups in total. The van der Waals surface area contributed by atoms with Crippen LogP contribution >= 0.6 is 34.9 Å². The standard InChI is InChI=1S/C25H16F3NS3/c1-2-3-4-17-12-23-24(31-17)13-18(32-23)7-5-15-6-8-19(20(26)9-15)16-10-21(27)25(29-14-30)22(28)11-16/h6,8-13H,2-4H2,1H3. The predicted molar refractivity (Wildman–Crippen MR) is 131 cm³/mol. The van der Waals surface area contributed by atoms with Crippen molar-refractivity contribution in [1.82, 2.24) is 0 Å². The zero-order chi connectivity index (χ0) is 22.7. The van der Waals surface area contributed by atoms with Crippen LogP contribution in [0.15, 0.2) is 47.5 Å². The van der Waals surface area contributed by atoms with E-state index in [0.717, 1.165) is 23.4 Å². The molecule has 2 aromatic carbocycles. The maximum atomic E-state index is 14.7. The van der Waals surface area contributed by atoms with Gasteiger partial charge in [-0.25, -0.2) is 13.2 Å². The fourth-order valence-corrected chi connectivity index (χ4v) is 5.66. The van der Waals surface area contributed by atoms with Crippen LogP contribution in [-0.2, 0) is 6.42 Å². The van der Waals surface area contributed by atoms with E-state index in [0.29, 0.717) is 5.56 Å². The second kappa shape index (κ2) is 9.81. The van der Waals surface area contributed by atoms with E-state index in [1.54, 1.807) is 28.7 Å². The first-order chi connectivity index (χ1) is 15.5. The van der Waals surface area contributed by atoms with Crippen molar-refractivity contribution in [3.05, 3.63) is 75.2 Å². The van der Waals surface area contributed by atoms with Crippen LogP contribution in [0, 0.1) is 29.3 Å². The number of aliphatic imine (C=N–C) groups is 1. The van der Waals surface area contributed by atoms with Gasteiger partial charge in [-0.1, -0.05) is 31.3 Å². The molecule has 0 amide bonds. The van der Waals surface area contributed by atoms with Crippen molar-refractivity contribution in [2.24, 2.45) is 4.99 Å². The summed E-state index contributed by atoms with van der Waals surface area (Å²) in [5, 5.41) is 1.93. The molecule has 7 heteroatoms. The van der Waals surface area contributed by atoms with Gasteiger partial charge in [0.15, 0.2) is 11.6 Å². The Balaban J connectivity index is 1.57. The van der Waals surface area contributed by atoms with E-state index < -0.39 is 23.1 Å². The van der Waals surface area contributed by atoms with Gasteiger partial charge in [0.1, 0.15) is 11.5 Å². The van der Waals surface area contributed by atoms with Crippen molar-refractivity contribution in [3.8, 4) is 23.0 Å². The number of hydrogen-bond acceptors (Lipinski definition) is 4. The average molecular weight is 484 g/mol. The third kappa shape index (κ3) is 4.85. The number of thiocarbonyl (C=S) groups is 1. The molecule has 0 aliphatic heterocycles. The van der Waals surface area contributed by atoms with Gasteiger partial charge in [-0.3, -0.25) is 0 Å². The molecule has 0 saturated carbocycles. The summed E-state index contributed by atoms with van der Waals surface area (Å²) in [7, 11) is 0. The van der Waals surface area contributed by atoms with Crippen LogP contribution in [0.5, 0.6) is 0 Å². The van der Waals surface area contributed by atoms with E-state index in [1.807, 2.05) is 5.16 Å². The first kappa shape index (κ1) is 22.4. The van der Waals surface area contributed by atoms with E-state index in [9.17, 15) is 13.2 Å². The molecule has 0 unspecified atom stereocenters. The first-order valence-corrected chi connectivity index (χ1v) is 11.9. The second-order valence-electron chi connectivity index (χ2n) is 7.09. The third-order valence-corrected chi connectivity index (χ3v) is 7.18. The fraction of sp³-hybridized carbons (Fsp3) is 0.160. The molecule has 0 atom stereocenters. The Morgan fingerprint density at radius 2 is 1.66 bits per heavy atom. The normalized spacial score (nSPS) is 10.6. The van der Waals surface area contributed by atoms with Crippen molar-refractivity contribution in [2.45, 2.75) is 26.2 Å². The SMILES string of the molecule is CCCCc1cc2sc(C#Cc3ccc(-c4cc(F)c(N=C=S)c(F)c4)c(F)c3)cc2s1. The Kier molecular flexibility index (Phi) is 6.88. The van der Waals surface area contributed by atoms with Crippen LogP contribution in [0.3, 0.4) is 0 Å². The highest BCUT2D eigenvalue weighted by atomic mass is 32.1. The number of unbranched alkanes of at least 4 members (excludes halogenated alkanes) is 1. The van der Waals surface area contributed by atoms with Crippen LogP contribution in [0.25, 0.3) is 20.5 Å². The molecular weight excluding hydrogens is 467 g/mol. The van der Waals surface area contributed by atoms with Crippen LogP contribution < -0.4 is 0 Å². The van der Waals surface area contributed by atoms with E-state index in [1.165, 1.54) is 39.3 Å². The Hall–Kier alpha value is -2.75. The Bertz CT molecular complexity index is 1360. The van der Waals surface area contributed by atoms with E-state index in [-0.39, 0.29) is 11.1 Å². The summed E-state index contributed by atoms with van der Waals surface area (Å²) in [5.41, 5.74) is 0.0784. The topological polar surface area (TPSA) is 12.4 Å². The van der Waals surface area contributed by atoms with Crippen molar-refractivity contribution < 1.29 is 13.2 Å². The minimum Gasteiger partial charge on any atom is -0.206 e. The largest absolute Gasteiger partial charge is 0.206 e. The third-order valence-electron chi connectivity index (χ3n) is 4.82. The van der Waals surface area contributed by atoms with Crippen LogP contribution in [0.1, 0.15) is 35.1 Å². The van der Waals surface area contributed by atoms with Gasteiger partial charge in [-0.05, 0) is 67.0 Å². The molecule has 4 aromatic rings. The summed E-state index contributed by atoms with van der Waals surface area (Å²) < 4.78 is 45.3. The fourth-order valence-electron chi connectivity index (χ4n) is 3.26. The Morgan fingerprint density at radius 1 is 0.906 bits per heavy atom.